The molecule has 0 amide bonds. The molecule has 1 aliphatic carbocycles. The molecule has 0 spiro atoms. The molecule has 2 saturated heterocycles. The van der Waals surface area contributed by atoms with E-state index in [0.29, 0.717) is 12.1 Å². The van der Waals surface area contributed by atoms with E-state index >= 15 is 0 Å². The number of carbonyl (C=O) groups is 4. The van der Waals surface area contributed by atoms with Crippen molar-refractivity contribution in [1.82, 2.24) is 19.7 Å². The highest BCUT2D eigenvalue weighted by Gasteiger charge is 2.56. The smallest absolute Gasteiger partial charge is 0.339 e. The van der Waals surface area contributed by atoms with Crippen LogP contribution < -0.4 is 4.74 Å². The van der Waals surface area contributed by atoms with Crippen molar-refractivity contribution in [3.63, 3.8) is 0 Å². The summed E-state index contributed by atoms with van der Waals surface area (Å²) in [4.78, 5) is 56.7. The Morgan fingerprint density at radius 2 is 1.57 bits per heavy atom. The number of likely N-dealkylation sites (tertiary alicyclic amines) is 1. The molecule has 1 unspecified atom stereocenters. The van der Waals surface area contributed by atoms with Crippen LogP contribution in [-0.2, 0) is 62.8 Å². The summed E-state index contributed by atoms with van der Waals surface area (Å²) in [6, 6.07) is 0. The summed E-state index contributed by atoms with van der Waals surface area (Å²) in [7, 11) is 2.98. The Morgan fingerprint density at radius 1 is 0.932 bits per heavy atom. The van der Waals surface area contributed by atoms with Crippen molar-refractivity contribution in [2.45, 2.75) is 96.4 Å². The lowest BCUT2D eigenvalue weighted by molar-refractivity contribution is -0.283. The molecule has 5 rings (SSSR count). The van der Waals surface area contributed by atoms with Crippen LogP contribution in [0, 0.1) is 0 Å². The predicted molar refractivity (Wildman–Crippen MR) is 153 cm³/mol. The van der Waals surface area contributed by atoms with Gasteiger partial charge in [-0.25, -0.2) is 4.79 Å². The number of aromatic nitrogens is 3. The highest BCUT2D eigenvalue weighted by Crippen LogP contribution is 2.40. The van der Waals surface area contributed by atoms with E-state index in [0.717, 1.165) is 88.5 Å². The maximum Gasteiger partial charge on any atom is 0.339 e. The average Bonchev–Trinajstić information content (AvgIpc) is 3.59. The first-order valence-electron chi connectivity index (χ1n) is 15.0. The van der Waals surface area contributed by atoms with Gasteiger partial charge in [0.05, 0.1) is 12.8 Å². The van der Waals surface area contributed by atoms with Gasteiger partial charge in [-0.2, -0.15) is 10.1 Å². The van der Waals surface area contributed by atoms with E-state index in [1.807, 2.05) is 7.05 Å². The second kappa shape index (κ2) is 13.1. The lowest BCUT2D eigenvalue weighted by atomic mass is 9.88. The Hall–Kier alpha value is -3.78. The van der Waals surface area contributed by atoms with Gasteiger partial charge in [0.25, 0.3) is 0 Å². The van der Waals surface area contributed by atoms with Crippen LogP contribution in [0.4, 0.5) is 0 Å². The molecule has 44 heavy (non-hydrogen) atoms. The Bertz CT molecular complexity index is 1440. The van der Waals surface area contributed by atoms with E-state index in [1.54, 1.807) is 4.68 Å². The number of esters is 4. The molecule has 0 bridgehead atoms. The van der Waals surface area contributed by atoms with E-state index in [2.05, 4.69) is 11.8 Å². The van der Waals surface area contributed by atoms with Crippen LogP contribution in [0.3, 0.4) is 0 Å². The van der Waals surface area contributed by atoms with Crippen LogP contribution in [0.15, 0.2) is 0 Å². The first-order valence-corrected chi connectivity index (χ1v) is 15.0. The number of carbonyl (C=O) groups excluding carboxylic acids is 4. The van der Waals surface area contributed by atoms with Crippen molar-refractivity contribution >= 4 is 34.9 Å². The van der Waals surface area contributed by atoms with Gasteiger partial charge in [0.1, 0.15) is 0 Å². The Kier molecular flexibility index (Phi) is 9.39. The molecule has 6 atom stereocenters. The van der Waals surface area contributed by atoms with Gasteiger partial charge >= 0.3 is 23.9 Å². The van der Waals surface area contributed by atoms with Gasteiger partial charge in [-0.15, -0.1) is 0 Å². The van der Waals surface area contributed by atoms with Crippen molar-refractivity contribution < 1.29 is 47.6 Å². The number of rotatable bonds is 8. The SMILES string of the molecule is CCN1CCC(c2nn(C)c3nc(O[C@@H]4O[C@H](C(=O)OC)[C@@H](OC(C)=O)[C@H](OC(C)=O)[C@H]4OC(C)=O)c4c(c23)CCCC4)C1. The van der Waals surface area contributed by atoms with E-state index < -0.39 is 54.6 Å². The van der Waals surface area contributed by atoms with Gasteiger partial charge in [-0.1, -0.05) is 6.92 Å². The fraction of sp³-hybridized carbons (Fsp3) is 0.667. The zero-order valence-electron chi connectivity index (χ0n) is 26.0. The molecule has 14 nitrogen and oxygen atoms in total. The molecule has 0 N–H and O–H groups in total. The Morgan fingerprint density at radius 3 is 2.18 bits per heavy atom. The third kappa shape index (κ3) is 6.23. The standard InChI is InChI=1S/C30H40N4O10/c1-7-34-13-12-18(14-34)22-21-19-10-8-9-11-20(19)28(31-27(21)33(5)32-22)44-30-26(42-17(4)37)24(41-16(3)36)23(40-15(2)35)25(43-30)29(38)39-6/h18,23-26,30H,7-14H2,1-6H3/t18?,23-,24-,25-,26+,30-/m0/s1. The number of nitrogens with zero attached hydrogens (tertiary/aromatic N) is 4. The number of hydrogen-bond acceptors (Lipinski definition) is 13. The minimum Gasteiger partial charge on any atom is -0.467 e. The van der Waals surface area contributed by atoms with Crippen LogP contribution in [-0.4, -0.2) is 101 Å². The number of fused-ring (bicyclic) bond motifs is 3. The fourth-order valence-electron chi connectivity index (χ4n) is 6.55. The summed E-state index contributed by atoms with van der Waals surface area (Å²) in [6.07, 6.45) is -2.97. The van der Waals surface area contributed by atoms with Gasteiger partial charge in [0.2, 0.25) is 18.3 Å². The molecule has 3 aliphatic rings. The summed E-state index contributed by atoms with van der Waals surface area (Å²) >= 11 is 0. The summed E-state index contributed by atoms with van der Waals surface area (Å²) in [5.74, 6) is -2.65. The maximum atomic E-state index is 12.9. The molecule has 0 radical (unpaired) electrons. The highest BCUT2D eigenvalue weighted by atomic mass is 16.7. The minimum atomic E-state index is -1.56. The third-order valence-corrected chi connectivity index (χ3v) is 8.45. The summed E-state index contributed by atoms with van der Waals surface area (Å²) < 4.78 is 35.5. The van der Waals surface area contributed by atoms with Crippen LogP contribution in [0.1, 0.15) is 69.7 Å². The second-order valence-corrected chi connectivity index (χ2v) is 11.5. The number of ether oxygens (including phenoxy) is 6. The van der Waals surface area contributed by atoms with Crippen molar-refractivity contribution in [2.75, 3.05) is 26.7 Å². The topological polar surface area (TPSA) is 158 Å². The molecular weight excluding hydrogens is 576 g/mol. The molecule has 2 aromatic rings. The zero-order chi connectivity index (χ0) is 31.7. The lowest BCUT2D eigenvalue weighted by Crippen LogP contribution is -2.64. The lowest BCUT2D eigenvalue weighted by Gasteiger charge is -2.43. The van der Waals surface area contributed by atoms with Crippen LogP contribution in [0.2, 0.25) is 0 Å². The van der Waals surface area contributed by atoms with Gasteiger partial charge in [0.15, 0.2) is 24.0 Å². The molecule has 2 aliphatic heterocycles. The summed E-state index contributed by atoms with van der Waals surface area (Å²) in [6.45, 7) is 8.54. The van der Waals surface area contributed by atoms with Crippen LogP contribution in [0.5, 0.6) is 5.88 Å². The average molecular weight is 617 g/mol. The Balaban J connectivity index is 1.59. The van der Waals surface area contributed by atoms with Crippen LogP contribution >= 0.6 is 0 Å². The number of aryl methyl sites for hydroxylation is 2. The highest BCUT2D eigenvalue weighted by molar-refractivity contribution is 5.85. The quantitative estimate of drug-likeness (QED) is 0.312. The molecule has 14 heteroatoms. The summed E-state index contributed by atoms with van der Waals surface area (Å²) in [5.41, 5.74) is 3.67. The number of methoxy groups -OCH3 is 1. The van der Waals surface area contributed by atoms with Gasteiger partial charge in [-0.3, -0.25) is 19.1 Å². The number of pyridine rings is 1. The first-order chi connectivity index (χ1) is 21.0. The first kappa shape index (κ1) is 31.6. The van der Waals surface area contributed by atoms with E-state index in [4.69, 9.17) is 38.5 Å². The second-order valence-electron chi connectivity index (χ2n) is 11.5. The van der Waals surface area contributed by atoms with E-state index in [1.165, 1.54) is 6.92 Å². The molecule has 240 valence electrons. The zero-order valence-corrected chi connectivity index (χ0v) is 26.0. The summed E-state index contributed by atoms with van der Waals surface area (Å²) in [5, 5.41) is 5.96. The monoisotopic (exact) mass is 616 g/mol. The predicted octanol–water partition coefficient (Wildman–Crippen LogP) is 1.73. The van der Waals surface area contributed by atoms with E-state index in [-0.39, 0.29) is 11.8 Å². The van der Waals surface area contributed by atoms with Crippen molar-refractivity contribution in [1.29, 1.82) is 0 Å². The van der Waals surface area contributed by atoms with Crippen LogP contribution in [0.25, 0.3) is 11.0 Å². The van der Waals surface area contributed by atoms with Gasteiger partial charge in [-0.05, 0) is 50.8 Å². The molecule has 0 aromatic carbocycles. The van der Waals surface area contributed by atoms with Gasteiger partial charge < -0.3 is 33.3 Å². The van der Waals surface area contributed by atoms with Crippen molar-refractivity contribution in [3.8, 4) is 5.88 Å². The number of likely N-dealkylation sites (N-methyl/N-ethyl adjacent to an activating group) is 1. The molecule has 4 heterocycles. The maximum absolute atomic E-state index is 12.9. The molecule has 2 aromatic heterocycles. The number of hydrogen-bond donors (Lipinski definition) is 0. The normalized spacial score (nSPS) is 27.0. The van der Waals surface area contributed by atoms with Crippen molar-refractivity contribution in [2.24, 2.45) is 7.05 Å². The molecular formula is C30H40N4O10. The largest absolute Gasteiger partial charge is 0.467 e. The fourth-order valence-corrected chi connectivity index (χ4v) is 6.55. The third-order valence-electron chi connectivity index (χ3n) is 8.45. The van der Waals surface area contributed by atoms with Crippen molar-refractivity contribution in [3.05, 3.63) is 16.8 Å². The van der Waals surface area contributed by atoms with E-state index in [9.17, 15) is 19.2 Å². The Labute approximate surface area is 255 Å². The molecule has 2 fully saturated rings. The van der Waals surface area contributed by atoms with Gasteiger partial charge in [0, 0.05) is 51.2 Å². The minimum absolute atomic E-state index is 0.238. The molecule has 0 saturated carbocycles.